The van der Waals surface area contributed by atoms with Crippen molar-refractivity contribution in [3.63, 3.8) is 0 Å². The molecular weight excluding hydrogens is 529 g/mol. The van der Waals surface area contributed by atoms with E-state index in [0.717, 1.165) is 40.7 Å². The monoisotopic (exact) mass is 550 g/mol. The van der Waals surface area contributed by atoms with Crippen LogP contribution in [0.4, 0.5) is 19.0 Å². The van der Waals surface area contributed by atoms with Gasteiger partial charge in [-0.3, -0.25) is 8.99 Å². The Morgan fingerprint density at radius 1 is 1.11 bits per heavy atom. The smallest absolute Gasteiger partial charge is 0.417 e. The predicted molar refractivity (Wildman–Crippen MR) is 136 cm³/mol. The van der Waals surface area contributed by atoms with Crippen molar-refractivity contribution in [1.82, 2.24) is 14.8 Å². The van der Waals surface area contributed by atoms with Crippen LogP contribution in [0.2, 0.25) is 5.02 Å². The van der Waals surface area contributed by atoms with Crippen molar-refractivity contribution in [2.75, 3.05) is 4.31 Å². The summed E-state index contributed by atoms with van der Waals surface area (Å²) in [5.74, 6) is -0.945. The van der Waals surface area contributed by atoms with Crippen LogP contribution in [0, 0.1) is 0 Å². The third-order valence-electron chi connectivity index (χ3n) is 5.27. The number of aromatic carboxylic acids is 1. The van der Waals surface area contributed by atoms with Gasteiger partial charge in [0.05, 0.1) is 46.6 Å². The van der Waals surface area contributed by atoms with Crippen molar-refractivity contribution < 1.29 is 28.2 Å². The number of pyridine rings is 1. The molecule has 2 aromatic carbocycles. The van der Waals surface area contributed by atoms with Crippen molar-refractivity contribution in [1.29, 1.82) is 0 Å². The topological polar surface area (TPSA) is 91.5 Å². The highest BCUT2D eigenvalue weighted by atomic mass is 35.5. The lowest BCUT2D eigenvalue weighted by molar-refractivity contribution is -0.137. The van der Waals surface area contributed by atoms with E-state index in [1.54, 1.807) is 41.2 Å². The molecule has 2 heterocycles. The zero-order valence-electron chi connectivity index (χ0n) is 19.7. The Kier molecular flexibility index (Phi) is 7.40. The van der Waals surface area contributed by atoms with Crippen LogP contribution < -0.4 is 4.31 Å². The second-order valence-corrected chi connectivity index (χ2v) is 10.5. The number of aromatic nitrogens is 3. The van der Waals surface area contributed by atoms with Crippen molar-refractivity contribution in [3.8, 4) is 0 Å². The van der Waals surface area contributed by atoms with Crippen molar-refractivity contribution >= 4 is 46.2 Å². The highest BCUT2D eigenvalue weighted by molar-refractivity contribution is 8.00. The fourth-order valence-electron chi connectivity index (χ4n) is 3.60. The molecule has 0 spiro atoms. The van der Waals surface area contributed by atoms with E-state index < -0.39 is 23.3 Å². The predicted octanol–water partition coefficient (Wildman–Crippen LogP) is 6.29. The summed E-state index contributed by atoms with van der Waals surface area (Å²) in [5, 5.41) is 24.3. The normalized spacial score (nSPS) is 12.2. The van der Waals surface area contributed by atoms with Gasteiger partial charge in [-0.1, -0.05) is 17.7 Å². The van der Waals surface area contributed by atoms with Crippen LogP contribution in [0.5, 0.6) is 0 Å². The molecule has 0 unspecified atom stereocenters. The third-order valence-corrected chi connectivity index (χ3v) is 6.55. The average Bonchev–Trinajstić information content (AvgIpc) is 3.18. The van der Waals surface area contributed by atoms with Gasteiger partial charge < -0.3 is 10.2 Å². The summed E-state index contributed by atoms with van der Waals surface area (Å²) in [6.45, 7) is 3.90. The molecule has 4 rings (SSSR count). The van der Waals surface area contributed by atoms with Gasteiger partial charge in [0.1, 0.15) is 0 Å². The van der Waals surface area contributed by atoms with Crippen LogP contribution in [0.25, 0.3) is 10.9 Å². The van der Waals surface area contributed by atoms with Gasteiger partial charge in [-0.25, -0.2) is 9.78 Å². The van der Waals surface area contributed by atoms with Crippen LogP contribution in [-0.2, 0) is 19.3 Å². The molecule has 0 aliphatic heterocycles. The Balaban J connectivity index is 1.68. The molecule has 194 valence electrons. The Bertz CT molecular complexity index is 1440. The molecule has 0 saturated carbocycles. The van der Waals surface area contributed by atoms with E-state index >= 15 is 0 Å². The standard InChI is InChI=1S/C25H22ClF3N4O3S/c1-24(2,36)14-32-21-8-3-15(9-17(21)11-31-32)13-33(37-19-6-4-16(5-7-19)23(34)35)22-20(26)10-18(12-30-22)25(27,28)29/h3-12,36H,13-14H2,1-2H3,(H,34,35). The average molecular weight is 551 g/mol. The van der Waals surface area contributed by atoms with E-state index in [4.69, 9.17) is 16.7 Å². The van der Waals surface area contributed by atoms with E-state index in [0.29, 0.717) is 11.4 Å². The second-order valence-electron chi connectivity index (χ2n) is 8.99. The Labute approximate surface area is 219 Å². The van der Waals surface area contributed by atoms with Gasteiger partial charge in [0.2, 0.25) is 0 Å². The number of alkyl halides is 3. The number of nitrogens with zero attached hydrogens (tertiary/aromatic N) is 4. The minimum absolute atomic E-state index is 0.107. The molecule has 7 nitrogen and oxygen atoms in total. The molecule has 37 heavy (non-hydrogen) atoms. The molecule has 0 aliphatic carbocycles. The molecule has 0 saturated heterocycles. The molecule has 2 aromatic heterocycles. The maximum absolute atomic E-state index is 13.2. The summed E-state index contributed by atoms with van der Waals surface area (Å²) in [6.07, 6.45) is -2.18. The summed E-state index contributed by atoms with van der Waals surface area (Å²) in [6, 6.07) is 12.5. The number of hydrogen-bond donors (Lipinski definition) is 2. The largest absolute Gasteiger partial charge is 0.478 e. The number of fused-ring (bicyclic) bond motifs is 1. The first-order valence-corrected chi connectivity index (χ1v) is 12.1. The first kappa shape index (κ1) is 26.8. The van der Waals surface area contributed by atoms with Crippen LogP contribution >= 0.6 is 23.5 Å². The van der Waals surface area contributed by atoms with Crippen LogP contribution in [-0.4, -0.2) is 36.5 Å². The van der Waals surface area contributed by atoms with Gasteiger partial charge >= 0.3 is 12.1 Å². The lowest BCUT2D eigenvalue weighted by atomic mass is 10.1. The molecule has 0 atom stereocenters. The van der Waals surface area contributed by atoms with Crippen molar-refractivity contribution in [2.24, 2.45) is 0 Å². The number of carboxylic acid groups (broad SMARTS) is 1. The lowest BCUT2D eigenvalue weighted by Gasteiger charge is -2.24. The second kappa shape index (κ2) is 10.2. The zero-order chi connectivity index (χ0) is 27.0. The van der Waals surface area contributed by atoms with Crippen molar-refractivity contribution in [3.05, 3.63) is 82.6 Å². The van der Waals surface area contributed by atoms with Crippen LogP contribution in [0.3, 0.4) is 0 Å². The van der Waals surface area contributed by atoms with Gasteiger partial charge in [0, 0.05) is 16.5 Å². The zero-order valence-corrected chi connectivity index (χ0v) is 21.3. The summed E-state index contributed by atoms with van der Waals surface area (Å²) in [5.41, 5.74) is -0.179. The Morgan fingerprint density at radius 2 is 1.81 bits per heavy atom. The molecule has 0 radical (unpaired) electrons. The van der Waals surface area contributed by atoms with E-state index in [1.165, 1.54) is 12.1 Å². The van der Waals surface area contributed by atoms with E-state index in [9.17, 15) is 23.1 Å². The Hall–Kier alpha value is -3.28. The number of rotatable bonds is 8. The summed E-state index contributed by atoms with van der Waals surface area (Å²) in [7, 11) is 0. The van der Waals surface area contributed by atoms with E-state index in [-0.39, 0.29) is 22.9 Å². The van der Waals surface area contributed by atoms with Crippen LogP contribution in [0.1, 0.15) is 35.3 Å². The van der Waals surface area contributed by atoms with Gasteiger partial charge in [-0.15, -0.1) is 0 Å². The minimum atomic E-state index is -4.59. The number of hydrogen-bond acceptors (Lipinski definition) is 6. The molecule has 0 amide bonds. The van der Waals surface area contributed by atoms with Gasteiger partial charge in [0.15, 0.2) is 5.82 Å². The van der Waals surface area contributed by atoms with Crippen LogP contribution in [0.15, 0.2) is 65.8 Å². The fourth-order valence-corrected chi connectivity index (χ4v) is 4.87. The first-order chi connectivity index (χ1) is 17.3. The van der Waals surface area contributed by atoms with Gasteiger partial charge in [-0.05, 0) is 73.8 Å². The molecule has 12 heteroatoms. The molecule has 4 aromatic rings. The maximum Gasteiger partial charge on any atom is 0.417 e. The minimum Gasteiger partial charge on any atom is -0.478 e. The molecule has 2 N–H and O–H groups in total. The first-order valence-electron chi connectivity index (χ1n) is 11.0. The fraction of sp³-hybridized carbons (Fsp3) is 0.240. The number of anilines is 1. The van der Waals surface area contributed by atoms with Crippen molar-refractivity contribution in [2.45, 2.75) is 43.6 Å². The number of carboxylic acids is 1. The van der Waals surface area contributed by atoms with Gasteiger partial charge in [-0.2, -0.15) is 18.3 Å². The summed E-state index contributed by atoms with van der Waals surface area (Å²) >= 11 is 7.42. The summed E-state index contributed by atoms with van der Waals surface area (Å²) < 4.78 is 42.8. The SMILES string of the molecule is CC(C)(O)Cn1ncc2cc(CN(Sc3ccc(C(=O)O)cc3)c3ncc(C(F)(F)F)cc3Cl)ccc21. The van der Waals surface area contributed by atoms with E-state index in [2.05, 4.69) is 10.1 Å². The number of carbonyl (C=O) groups is 1. The quantitative estimate of drug-likeness (QED) is 0.249. The number of halogens is 4. The van der Waals surface area contributed by atoms with Gasteiger partial charge in [0.25, 0.3) is 0 Å². The Morgan fingerprint density at radius 3 is 2.41 bits per heavy atom. The third kappa shape index (κ3) is 6.54. The lowest BCUT2D eigenvalue weighted by Crippen LogP contribution is -2.26. The highest BCUT2D eigenvalue weighted by Crippen LogP contribution is 2.38. The maximum atomic E-state index is 13.2. The number of benzene rings is 2. The molecule has 0 bridgehead atoms. The highest BCUT2D eigenvalue weighted by Gasteiger charge is 2.32. The van der Waals surface area contributed by atoms with E-state index in [1.807, 2.05) is 18.2 Å². The molecular formula is C25H22ClF3N4O3S. The number of aliphatic hydroxyl groups is 1. The molecule has 0 fully saturated rings. The summed E-state index contributed by atoms with van der Waals surface area (Å²) in [4.78, 5) is 15.8. The molecule has 0 aliphatic rings.